The third-order valence-electron chi connectivity index (χ3n) is 15.2. The summed E-state index contributed by atoms with van der Waals surface area (Å²) in [6.07, 6.45) is 0. The van der Waals surface area contributed by atoms with Crippen molar-refractivity contribution >= 4 is 87.5 Å². The maximum atomic E-state index is 6.71. The van der Waals surface area contributed by atoms with Gasteiger partial charge >= 0.3 is 0 Å². The Morgan fingerprint density at radius 3 is 1.55 bits per heavy atom. The van der Waals surface area contributed by atoms with E-state index >= 15 is 0 Å². The highest BCUT2D eigenvalue weighted by molar-refractivity contribution is 6.15. The van der Waals surface area contributed by atoms with Gasteiger partial charge in [-0.2, -0.15) is 9.97 Å². The number of hydrogen-bond acceptors (Lipinski definition) is 5. The van der Waals surface area contributed by atoms with Crippen molar-refractivity contribution in [2.45, 2.75) is 0 Å². The lowest BCUT2D eigenvalue weighted by molar-refractivity contribution is 0.668. The molecule has 0 spiro atoms. The van der Waals surface area contributed by atoms with Crippen LogP contribution in [0, 0.1) is 0 Å². The Kier molecular flexibility index (Phi) is 9.20. The molecule has 0 N–H and O–H groups in total. The van der Waals surface area contributed by atoms with E-state index in [4.69, 9.17) is 23.8 Å². The molecule has 5 aromatic heterocycles. The molecule has 7 heteroatoms. The molecular weight excluding hydrogens is 931 g/mol. The zero-order valence-corrected chi connectivity index (χ0v) is 40.7. The van der Waals surface area contributed by atoms with Crippen LogP contribution < -0.4 is 0 Å². The number of para-hydroxylation sites is 4. The maximum absolute atomic E-state index is 6.71. The second-order valence-electron chi connectivity index (χ2n) is 19.5. The summed E-state index contributed by atoms with van der Waals surface area (Å²) in [5, 5.41) is 8.64. The van der Waals surface area contributed by atoms with Crippen LogP contribution in [0.25, 0.3) is 155 Å². The van der Waals surface area contributed by atoms with E-state index < -0.39 is 0 Å². The van der Waals surface area contributed by atoms with E-state index in [0.717, 1.165) is 116 Å². The molecule has 5 heterocycles. The van der Waals surface area contributed by atoms with Crippen molar-refractivity contribution in [1.82, 2.24) is 24.1 Å². The number of nitrogens with zero attached hydrogens (tertiary/aromatic N) is 5. The summed E-state index contributed by atoms with van der Waals surface area (Å²) in [5.41, 5.74) is 17.0. The molecule has 0 fully saturated rings. The van der Waals surface area contributed by atoms with Crippen molar-refractivity contribution in [3.63, 3.8) is 0 Å². The third-order valence-corrected chi connectivity index (χ3v) is 15.2. The lowest BCUT2D eigenvalue weighted by atomic mass is 9.92. The molecule has 76 heavy (non-hydrogen) atoms. The topological polar surface area (TPSA) is 74.8 Å². The molecule has 0 amide bonds. The van der Waals surface area contributed by atoms with Gasteiger partial charge in [0.1, 0.15) is 22.3 Å². The highest BCUT2D eigenvalue weighted by Gasteiger charge is 2.23. The van der Waals surface area contributed by atoms with Crippen LogP contribution in [0.5, 0.6) is 0 Å². The molecule has 0 saturated carbocycles. The second kappa shape index (κ2) is 16.6. The first-order valence-corrected chi connectivity index (χ1v) is 25.6. The predicted molar refractivity (Wildman–Crippen MR) is 310 cm³/mol. The summed E-state index contributed by atoms with van der Waals surface area (Å²) in [6, 6.07) is 87.6. The molecule has 16 aromatic rings. The van der Waals surface area contributed by atoms with E-state index in [-0.39, 0.29) is 0 Å². The van der Waals surface area contributed by atoms with Crippen LogP contribution >= 0.6 is 0 Å². The van der Waals surface area contributed by atoms with Gasteiger partial charge < -0.3 is 13.4 Å². The van der Waals surface area contributed by atoms with Crippen molar-refractivity contribution in [3.05, 3.63) is 249 Å². The highest BCUT2D eigenvalue weighted by Crippen LogP contribution is 2.43. The molecule has 7 nitrogen and oxygen atoms in total. The van der Waals surface area contributed by atoms with Crippen LogP contribution in [-0.2, 0) is 0 Å². The van der Waals surface area contributed by atoms with Gasteiger partial charge in [0, 0.05) is 59.9 Å². The van der Waals surface area contributed by atoms with Crippen LogP contribution in [0.4, 0.5) is 0 Å². The van der Waals surface area contributed by atoms with Crippen LogP contribution in [0.15, 0.2) is 258 Å². The Morgan fingerprint density at radius 1 is 0.263 bits per heavy atom. The number of rotatable bonds is 7. The van der Waals surface area contributed by atoms with E-state index in [1.54, 1.807) is 0 Å². The fourth-order valence-electron chi connectivity index (χ4n) is 11.7. The minimum absolute atomic E-state index is 0.506. The molecule has 0 atom stereocenters. The largest absolute Gasteiger partial charge is 0.456 e. The van der Waals surface area contributed by atoms with E-state index in [0.29, 0.717) is 17.6 Å². The summed E-state index contributed by atoms with van der Waals surface area (Å²) < 4.78 is 17.7. The Balaban J connectivity index is 0.886. The minimum Gasteiger partial charge on any atom is -0.456 e. The van der Waals surface area contributed by atoms with Gasteiger partial charge in [-0.05, 0) is 118 Å². The molecule has 16 rings (SSSR count). The van der Waals surface area contributed by atoms with Crippen LogP contribution in [0.2, 0.25) is 0 Å². The Labute approximate surface area is 434 Å². The smallest absolute Gasteiger partial charge is 0.238 e. The van der Waals surface area contributed by atoms with E-state index in [1.807, 2.05) is 36.4 Å². The van der Waals surface area contributed by atoms with Crippen molar-refractivity contribution in [3.8, 4) is 67.8 Å². The SMILES string of the molecule is c1ccc(-c2ccc3c(c2)c2ccccc2n3-c2nc(-c3ccc4c(c3)oc3ccccc34)nc(-c3cccc4oc5ccc(-c6ccccc6-c6ccc7c(c6)c6ccccc6n7-c6ccccc6)cc5c34)n2)cc1. The molecular formula is C69H41N5O2. The third kappa shape index (κ3) is 6.52. The number of fused-ring (bicyclic) bond motifs is 12. The van der Waals surface area contributed by atoms with Crippen LogP contribution in [0.3, 0.4) is 0 Å². The number of aromatic nitrogens is 5. The Hall–Kier alpha value is -10.4. The van der Waals surface area contributed by atoms with Crippen molar-refractivity contribution in [2.24, 2.45) is 0 Å². The van der Waals surface area contributed by atoms with Gasteiger partial charge in [-0.1, -0.05) is 164 Å². The van der Waals surface area contributed by atoms with E-state index in [1.165, 1.54) is 21.8 Å². The molecule has 0 aliphatic rings. The molecule has 0 aliphatic carbocycles. The van der Waals surface area contributed by atoms with Crippen molar-refractivity contribution < 1.29 is 8.83 Å². The lowest BCUT2D eigenvalue weighted by Crippen LogP contribution is -2.06. The lowest BCUT2D eigenvalue weighted by Gasteiger charge is -2.12. The Bertz CT molecular complexity index is 5000. The summed E-state index contributed by atoms with van der Waals surface area (Å²) >= 11 is 0. The molecule has 0 aliphatic heterocycles. The molecule has 0 bridgehead atoms. The standard InChI is InChI=1S/C69H41N5O2/c1-3-16-42(17-4-1)43-31-35-61-55(38-43)51-23-10-13-27-59(51)74(61)69-71-67(46-30-34-53-52-24-11-14-28-62(52)76-65(53)41-46)70-68(72-69)54-25-15-29-64-66(54)57-40-45(33-37-63(57)75-64)49-21-8-7-20-48(49)44-32-36-60-56(39-44)50-22-9-12-26-58(50)73(60)47-18-5-2-6-19-47/h1-41H. The molecule has 0 saturated heterocycles. The maximum Gasteiger partial charge on any atom is 0.238 e. The summed E-state index contributed by atoms with van der Waals surface area (Å²) in [6.45, 7) is 0. The predicted octanol–water partition coefficient (Wildman–Crippen LogP) is 18.2. The van der Waals surface area contributed by atoms with Gasteiger partial charge in [-0.25, -0.2) is 4.98 Å². The van der Waals surface area contributed by atoms with Crippen LogP contribution in [0.1, 0.15) is 0 Å². The van der Waals surface area contributed by atoms with Crippen molar-refractivity contribution in [2.75, 3.05) is 0 Å². The first-order chi connectivity index (χ1) is 37.7. The molecule has 0 unspecified atom stereocenters. The highest BCUT2D eigenvalue weighted by atomic mass is 16.3. The number of hydrogen-bond donors (Lipinski definition) is 0. The number of furan rings is 2. The minimum atomic E-state index is 0.506. The Morgan fingerprint density at radius 2 is 0.776 bits per heavy atom. The zero-order valence-electron chi connectivity index (χ0n) is 40.7. The van der Waals surface area contributed by atoms with Gasteiger partial charge in [0.25, 0.3) is 0 Å². The summed E-state index contributed by atoms with van der Waals surface area (Å²) in [5.74, 6) is 1.56. The fraction of sp³-hybridized carbons (Fsp3) is 0. The van der Waals surface area contributed by atoms with E-state index in [9.17, 15) is 0 Å². The van der Waals surface area contributed by atoms with Gasteiger partial charge in [0.15, 0.2) is 11.6 Å². The monoisotopic (exact) mass is 971 g/mol. The summed E-state index contributed by atoms with van der Waals surface area (Å²) in [4.78, 5) is 16.2. The fourth-order valence-corrected chi connectivity index (χ4v) is 11.7. The first-order valence-electron chi connectivity index (χ1n) is 25.6. The molecule has 0 radical (unpaired) electrons. The quantitative estimate of drug-likeness (QED) is 0.159. The van der Waals surface area contributed by atoms with Gasteiger partial charge in [-0.15, -0.1) is 0 Å². The van der Waals surface area contributed by atoms with Gasteiger partial charge in [0.05, 0.1) is 22.1 Å². The first kappa shape index (κ1) is 42.2. The van der Waals surface area contributed by atoms with E-state index in [2.05, 4.69) is 221 Å². The average molecular weight is 972 g/mol. The molecule has 354 valence electrons. The van der Waals surface area contributed by atoms with Crippen molar-refractivity contribution in [1.29, 1.82) is 0 Å². The zero-order chi connectivity index (χ0) is 49.8. The van der Waals surface area contributed by atoms with Crippen LogP contribution in [-0.4, -0.2) is 24.1 Å². The van der Waals surface area contributed by atoms with Gasteiger partial charge in [0.2, 0.25) is 5.95 Å². The number of benzene rings is 11. The second-order valence-corrected chi connectivity index (χ2v) is 19.5. The molecule has 11 aromatic carbocycles. The summed E-state index contributed by atoms with van der Waals surface area (Å²) in [7, 11) is 0. The normalized spacial score (nSPS) is 11.9. The van der Waals surface area contributed by atoms with Gasteiger partial charge in [-0.3, -0.25) is 4.57 Å². The average Bonchev–Trinajstić information content (AvgIpc) is 4.29.